The first-order valence-electron chi connectivity index (χ1n) is 9.94. The zero-order valence-electron chi connectivity index (χ0n) is 17.7. The molecular weight excluding hydrogens is 424 g/mol. The third kappa shape index (κ3) is 5.28. The number of nitrogens with zero attached hydrogens (tertiary/aromatic N) is 2. The summed E-state index contributed by atoms with van der Waals surface area (Å²) in [6.45, 7) is 2.12. The van der Waals surface area contributed by atoms with Crippen molar-refractivity contribution >= 4 is 34.8 Å². The summed E-state index contributed by atoms with van der Waals surface area (Å²) >= 11 is 1.61. The van der Waals surface area contributed by atoms with Crippen LogP contribution in [-0.2, 0) is 6.61 Å². The molecule has 0 aliphatic carbocycles. The summed E-state index contributed by atoms with van der Waals surface area (Å²) in [5.74, 6) is 0.606. The third-order valence-corrected chi connectivity index (χ3v) is 5.43. The molecular formula is C24H22N4O3S. The number of anilines is 2. The van der Waals surface area contributed by atoms with E-state index in [1.165, 1.54) is 10.5 Å². The monoisotopic (exact) mass is 446 g/mol. The third-order valence-electron chi connectivity index (χ3n) is 4.70. The van der Waals surface area contributed by atoms with E-state index >= 15 is 0 Å². The van der Waals surface area contributed by atoms with Crippen LogP contribution in [0.4, 0.5) is 16.2 Å². The predicted octanol–water partition coefficient (Wildman–Crippen LogP) is 4.95. The maximum atomic E-state index is 12.3. The van der Waals surface area contributed by atoms with Crippen molar-refractivity contribution in [1.82, 2.24) is 9.38 Å². The second-order valence-electron chi connectivity index (χ2n) is 7.14. The Kier molecular flexibility index (Phi) is 6.42. The highest BCUT2D eigenvalue weighted by Gasteiger charge is 2.06. The lowest BCUT2D eigenvalue weighted by Gasteiger charge is -2.10. The van der Waals surface area contributed by atoms with Crippen molar-refractivity contribution in [3.05, 3.63) is 94.5 Å². The first-order valence-corrected chi connectivity index (χ1v) is 11.2. The van der Waals surface area contributed by atoms with E-state index in [-0.39, 0.29) is 18.2 Å². The first kappa shape index (κ1) is 21.5. The molecule has 7 nitrogen and oxygen atoms in total. The number of carbonyl (C=O) groups is 1. The molecule has 0 saturated carbocycles. The van der Waals surface area contributed by atoms with E-state index < -0.39 is 0 Å². The summed E-state index contributed by atoms with van der Waals surface area (Å²) in [4.78, 5) is 30.1. The fraction of sp³-hybridized carbons (Fsp3) is 0.125. The zero-order valence-corrected chi connectivity index (χ0v) is 18.5. The standard InChI is InChI=1S/C24H22N4O3S/c1-16-10-11-28-22(12-16)25-19(14-23(28)29)15-31-20-8-6-17(7-9-20)26-24(30)27-18-4-3-5-21(13-18)32-2/h3-14H,15H2,1-2H3,(H2,26,27,30). The van der Waals surface area contributed by atoms with Gasteiger partial charge >= 0.3 is 6.03 Å². The summed E-state index contributed by atoms with van der Waals surface area (Å²) in [7, 11) is 0. The summed E-state index contributed by atoms with van der Waals surface area (Å²) in [5.41, 5.74) is 3.37. The van der Waals surface area contributed by atoms with Gasteiger partial charge in [0.1, 0.15) is 18.0 Å². The van der Waals surface area contributed by atoms with Gasteiger partial charge in [-0.05, 0) is 73.3 Å². The lowest BCUT2D eigenvalue weighted by atomic mass is 10.3. The van der Waals surface area contributed by atoms with E-state index in [1.54, 1.807) is 42.2 Å². The number of aromatic nitrogens is 2. The molecule has 2 amide bonds. The number of hydrogen-bond donors (Lipinski definition) is 2. The highest BCUT2D eigenvalue weighted by atomic mass is 32.2. The topological polar surface area (TPSA) is 84.7 Å². The maximum absolute atomic E-state index is 12.3. The van der Waals surface area contributed by atoms with Crippen LogP contribution in [-0.4, -0.2) is 21.7 Å². The number of amides is 2. The Morgan fingerprint density at radius 3 is 2.59 bits per heavy atom. The SMILES string of the molecule is CSc1cccc(NC(=O)Nc2ccc(OCc3cc(=O)n4ccc(C)cc4n3)cc2)c1. The van der Waals surface area contributed by atoms with Gasteiger partial charge in [0.2, 0.25) is 0 Å². The molecule has 0 unspecified atom stereocenters. The molecule has 162 valence electrons. The Bertz CT molecular complexity index is 1320. The van der Waals surface area contributed by atoms with Crippen molar-refractivity contribution in [3.63, 3.8) is 0 Å². The van der Waals surface area contributed by atoms with Crippen molar-refractivity contribution in [3.8, 4) is 5.75 Å². The normalized spacial score (nSPS) is 10.7. The number of nitrogens with one attached hydrogen (secondary N) is 2. The number of carbonyl (C=O) groups excluding carboxylic acids is 1. The van der Waals surface area contributed by atoms with Crippen molar-refractivity contribution < 1.29 is 9.53 Å². The van der Waals surface area contributed by atoms with Crippen LogP contribution in [0.15, 0.2) is 82.6 Å². The van der Waals surface area contributed by atoms with Crippen molar-refractivity contribution in [1.29, 1.82) is 0 Å². The molecule has 2 heterocycles. The Balaban J connectivity index is 1.36. The Labute approximate surface area is 189 Å². The lowest BCUT2D eigenvalue weighted by Crippen LogP contribution is -2.19. The smallest absolute Gasteiger partial charge is 0.323 e. The first-order chi connectivity index (χ1) is 15.5. The fourth-order valence-electron chi connectivity index (χ4n) is 3.11. The van der Waals surface area contributed by atoms with Gasteiger partial charge in [0, 0.05) is 28.5 Å². The second-order valence-corrected chi connectivity index (χ2v) is 8.02. The van der Waals surface area contributed by atoms with Gasteiger partial charge in [-0.25, -0.2) is 9.78 Å². The van der Waals surface area contributed by atoms with Crippen LogP contribution in [0.3, 0.4) is 0 Å². The van der Waals surface area contributed by atoms with Crippen molar-refractivity contribution in [2.24, 2.45) is 0 Å². The van der Waals surface area contributed by atoms with Crippen LogP contribution in [0.5, 0.6) is 5.75 Å². The molecule has 2 aromatic heterocycles. The van der Waals surface area contributed by atoms with Gasteiger partial charge in [-0.1, -0.05) is 6.07 Å². The quantitative estimate of drug-likeness (QED) is 0.410. The van der Waals surface area contributed by atoms with E-state index in [1.807, 2.05) is 49.6 Å². The molecule has 0 radical (unpaired) electrons. The van der Waals surface area contributed by atoms with E-state index in [2.05, 4.69) is 15.6 Å². The highest BCUT2D eigenvalue weighted by Crippen LogP contribution is 2.20. The molecule has 4 aromatic rings. The second kappa shape index (κ2) is 9.57. The number of pyridine rings is 1. The summed E-state index contributed by atoms with van der Waals surface area (Å²) in [6, 6.07) is 19.5. The largest absolute Gasteiger partial charge is 0.487 e. The Morgan fingerprint density at radius 1 is 1.03 bits per heavy atom. The minimum Gasteiger partial charge on any atom is -0.487 e. The van der Waals surface area contributed by atoms with Gasteiger partial charge in [0.15, 0.2) is 0 Å². The Morgan fingerprint density at radius 2 is 1.81 bits per heavy atom. The molecule has 2 aromatic carbocycles. The van der Waals surface area contributed by atoms with E-state index in [0.717, 1.165) is 16.1 Å². The number of rotatable bonds is 6. The van der Waals surface area contributed by atoms with Gasteiger partial charge in [0.25, 0.3) is 5.56 Å². The molecule has 0 bridgehead atoms. The van der Waals surface area contributed by atoms with Crippen LogP contribution < -0.4 is 20.9 Å². The number of thioether (sulfide) groups is 1. The lowest BCUT2D eigenvalue weighted by molar-refractivity contribution is 0.262. The van der Waals surface area contributed by atoms with Crippen LogP contribution >= 0.6 is 11.8 Å². The van der Waals surface area contributed by atoms with Crippen LogP contribution in [0, 0.1) is 6.92 Å². The summed E-state index contributed by atoms with van der Waals surface area (Å²) < 4.78 is 7.27. The highest BCUT2D eigenvalue weighted by molar-refractivity contribution is 7.98. The maximum Gasteiger partial charge on any atom is 0.323 e. The molecule has 0 aliphatic rings. The molecule has 32 heavy (non-hydrogen) atoms. The van der Waals surface area contributed by atoms with Crippen LogP contribution in [0.25, 0.3) is 5.65 Å². The number of fused-ring (bicyclic) bond motifs is 1. The molecule has 0 atom stereocenters. The van der Waals surface area contributed by atoms with E-state index in [9.17, 15) is 9.59 Å². The van der Waals surface area contributed by atoms with Crippen LogP contribution in [0.1, 0.15) is 11.3 Å². The minimum atomic E-state index is -0.326. The predicted molar refractivity (Wildman–Crippen MR) is 128 cm³/mol. The average molecular weight is 447 g/mol. The number of benzene rings is 2. The number of hydrogen-bond acceptors (Lipinski definition) is 5. The number of ether oxygens (including phenoxy) is 1. The fourth-order valence-corrected chi connectivity index (χ4v) is 3.57. The molecule has 0 saturated heterocycles. The zero-order chi connectivity index (χ0) is 22.5. The van der Waals surface area contributed by atoms with Crippen molar-refractivity contribution in [2.45, 2.75) is 18.4 Å². The van der Waals surface area contributed by atoms with Gasteiger partial charge in [-0.3, -0.25) is 9.20 Å². The molecule has 8 heteroatoms. The molecule has 0 aliphatic heterocycles. The number of urea groups is 1. The Hall–Kier alpha value is -3.78. The van der Waals surface area contributed by atoms with Crippen molar-refractivity contribution in [2.75, 3.05) is 16.9 Å². The molecule has 0 fully saturated rings. The van der Waals surface area contributed by atoms with Gasteiger partial charge in [-0.15, -0.1) is 11.8 Å². The molecule has 4 rings (SSSR count). The number of aryl methyl sites for hydroxylation is 1. The van der Waals surface area contributed by atoms with Gasteiger partial charge in [0.05, 0.1) is 5.69 Å². The minimum absolute atomic E-state index is 0.151. The van der Waals surface area contributed by atoms with Gasteiger partial charge in [-0.2, -0.15) is 0 Å². The van der Waals surface area contributed by atoms with E-state index in [0.29, 0.717) is 22.8 Å². The van der Waals surface area contributed by atoms with E-state index in [4.69, 9.17) is 4.74 Å². The summed E-state index contributed by atoms with van der Waals surface area (Å²) in [5, 5.41) is 5.61. The van der Waals surface area contributed by atoms with Crippen LogP contribution in [0.2, 0.25) is 0 Å². The average Bonchev–Trinajstić information content (AvgIpc) is 2.78. The molecule has 2 N–H and O–H groups in total. The molecule has 0 spiro atoms. The van der Waals surface area contributed by atoms with Gasteiger partial charge < -0.3 is 15.4 Å². The summed E-state index contributed by atoms with van der Waals surface area (Å²) in [6.07, 6.45) is 3.70.